The number of hydrogen-bond donors (Lipinski definition) is 1. The number of nitriles is 1. The first-order valence-corrected chi connectivity index (χ1v) is 4.42. The molecule has 0 aliphatic heterocycles. The Bertz CT molecular complexity index is 441. The van der Waals surface area contributed by atoms with Crippen LogP contribution in [0.3, 0.4) is 0 Å². The summed E-state index contributed by atoms with van der Waals surface area (Å²) in [5, 5.41) is 8.63. The van der Waals surface area contributed by atoms with Gasteiger partial charge < -0.3 is 10.5 Å². The van der Waals surface area contributed by atoms with E-state index in [1.165, 1.54) is 0 Å². The Balaban J connectivity index is 3.17. The highest BCUT2D eigenvalue weighted by molar-refractivity contribution is 6.17. The van der Waals surface area contributed by atoms with Gasteiger partial charge in [-0.1, -0.05) is 0 Å². The Morgan fingerprint density at radius 2 is 2.19 bits per heavy atom. The third-order valence-corrected chi connectivity index (χ3v) is 1.86. The average molecular weight is 252 g/mol. The molecule has 86 valence electrons. The molecular formula is C8H5ClF3N3O. The van der Waals surface area contributed by atoms with E-state index in [4.69, 9.17) is 22.6 Å². The van der Waals surface area contributed by atoms with Crippen LogP contribution in [-0.2, 0) is 5.88 Å². The minimum absolute atomic E-state index is 0.0687. The summed E-state index contributed by atoms with van der Waals surface area (Å²) in [5.74, 6) is -0.899. The Labute approximate surface area is 93.4 Å². The van der Waals surface area contributed by atoms with E-state index in [9.17, 15) is 13.2 Å². The molecule has 0 saturated heterocycles. The summed E-state index contributed by atoms with van der Waals surface area (Å²) in [5.41, 5.74) is 5.23. The fraction of sp³-hybridized carbons (Fsp3) is 0.250. The number of alkyl halides is 4. The molecule has 0 radical (unpaired) electrons. The molecule has 0 amide bonds. The fourth-order valence-corrected chi connectivity index (χ4v) is 1.25. The molecule has 0 spiro atoms. The van der Waals surface area contributed by atoms with Crippen molar-refractivity contribution in [3.05, 3.63) is 17.3 Å². The second-order valence-corrected chi connectivity index (χ2v) is 2.94. The largest absolute Gasteiger partial charge is 0.574 e. The second kappa shape index (κ2) is 4.45. The molecular weight excluding hydrogens is 247 g/mol. The molecule has 0 aromatic carbocycles. The van der Waals surface area contributed by atoms with Crippen LogP contribution in [0.4, 0.5) is 18.9 Å². The van der Waals surface area contributed by atoms with Gasteiger partial charge in [0.2, 0.25) is 5.88 Å². The van der Waals surface area contributed by atoms with Crippen LogP contribution in [0, 0.1) is 11.3 Å². The molecule has 8 heteroatoms. The zero-order valence-corrected chi connectivity index (χ0v) is 8.43. The number of anilines is 1. The number of hydrogen-bond acceptors (Lipinski definition) is 4. The summed E-state index contributed by atoms with van der Waals surface area (Å²) >= 11 is 5.47. The van der Waals surface area contributed by atoms with Crippen molar-refractivity contribution in [3.8, 4) is 11.9 Å². The molecule has 1 rings (SSSR count). The van der Waals surface area contributed by atoms with E-state index < -0.39 is 12.2 Å². The van der Waals surface area contributed by atoms with E-state index in [2.05, 4.69) is 9.72 Å². The topological polar surface area (TPSA) is 71.9 Å². The summed E-state index contributed by atoms with van der Waals surface area (Å²) in [6, 6.07) is 2.46. The monoisotopic (exact) mass is 251 g/mol. The summed E-state index contributed by atoms with van der Waals surface area (Å²) in [6.45, 7) is 0. The van der Waals surface area contributed by atoms with Crippen molar-refractivity contribution in [2.24, 2.45) is 0 Å². The van der Waals surface area contributed by atoms with Crippen molar-refractivity contribution in [1.82, 2.24) is 4.98 Å². The molecule has 2 N–H and O–H groups in total. The molecule has 0 saturated carbocycles. The summed E-state index contributed by atoms with van der Waals surface area (Å²) < 4.78 is 39.2. The van der Waals surface area contributed by atoms with Gasteiger partial charge in [0.05, 0.1) is 5.88 Å². The van der Waals surface area contributed by atoms with Crippen LogP contribution >= 0.6 is 11.6 Å². The van der Waals surface area contributed by atoms with E-state index >= 15 is 0 Å². The molecule has 1 aromatic rings. The molecule has 0 fully saturated rings. The first-order valence-electron chi connectivity index (χ1n) is 3.88. The van der Waals surface area contributed by atoms with Crippen LogP contribution in [0.1, 0.15) is 11.3 Å². The summed E-state index contributed by atoms with van der Waals surface area (Å²) in [7, 11) is 0. The van der Waals surface area contributed by atoms with Gasteiger partial charge in [-0.3, -0.25) is 0 Å². The van der Waals surface area contributed by atoms with E-state index in [0.717, 1.165) is 6.07 Å². The summed E-state index contributed by atoms with van der Waals surface area (Å²) in [4.78, 5) is 3.34. The number of aromatic nitrogens is 1. The Kier molecular flexibility index (Phi) is 3.44. The molecule has 1 aromatic heterocycles. The van der Waals surface area contributed by atoms with E-state index in [0.29, 0.717) is 0 Å². The first kappa shape index (κ1) is 12.4. The molecule has 0 bridgehead atoms. The lowest BCUT2D eigenvalue weighted by atomic mass is 10.2. The number of ether oxygens (including phenoxy) is 1. The van der Waals surface area contributed by atoms with Crippen LogP contribution in [0.2, 0.25) is 0 Å². The third-order valence-electron chi connectivity index (χ3n) is 1.60. The van der Waals surface area contributed by atoms with Crippen molar-refractivity contribution >= 4 is 17.3 Å². The first-order chi connectivity index (χ1) is 7.37. The van der Waals surface area contributed by atoms with Gasteiger partial charge in [-0.25, -0.2) is 4.98 Å². The summed E-state index contributed by atoms with van der Waals surface area (Å²) in [6.07, 6.45) is -4.88. The third kappa shape index (κ3) is 2.90. The highest BCUT2D eigenvalue weighted by Gasteiger charge is 2.32. The van der Waals surface area contributed by atoms with Crippen molar-refractivity contribution < 1.29 is 17.9 Å². The molecule has 0 atom stereocenters. The lowest BCUT2D eigenvalue weighted by Crippen LogP contribution is -2.18. The van der Waals surface area contributed by atoms with Gasteiger partial charge in [0.25, 0.3) is 0 Å². The SMILES string of the molecule is N#Cc1nc(OC(F)(F)F)cc(N)c1CCl. The zero-order valence-electron chi connectivity index (χ0n) is 7.68. The maximum absolute atomic E-state index is 11.9. The number of rotatable bonds is 2. The van der Waals surface area contributed by atoms with Gasteiger partial charge in [-0.2, -0.15) is 5.26 Å². The number of pyridine rings is 1. The number of nitrogens with two attached hydrogens (primary N) is 1. The van der Waals surface area contributed by atoms with E-state index in [-0.39, 0.29) is 22.8 Å². The smallest absolute Gasteiger partial charge is 0.398 e. The minimum atomic E-state index is -4.88. The van der Waals surface area contributed by atoms with Crippen molar-refractivity contribution in [3.63, 3.8) is 0 Å². The van der Waals surface area contributed by atoms with Crippen molar-refractivity contribution in [1.29, 1.82) is 5.26 Å². The molecule has 4 nitrogen and oxygen atoms in total. The number of nitrogen functional groups attached to an aromatic ring is 1. The van der Waals surface area contributed by atoms with Crippen molar-refractivity contribution in [2.45, 2.75) is 12.2 Å². The van der Waals surface area contributed by atoms with E-state index in [1.54, 1.807) is 6.07 Å². The van der Waals surface area contributed by atoms with Gasteiger partial charge >= 0.3 is 6.36 Å². The lowest BCUT2D eigenvalue weighted by Gasteiger charge is -2.10. The van der Waals surface area contributed by atoms with Gasteiger partial charge in [0, 0.05) is 17.3 Å². The van der Waals surface area contributed by atoms with Crippen LogP contribution in [0.25, 0.3) is 0 Å². The predicted molar refractivity (Wildman–Crippen MR) is 49.6 cm³/mol. The van der Waals surface area contributed by atoms with Gasteiger partial charge in [0.15, 0.2) is 5.69 Å². The van der Waals surface area contributed by atoms with E-state index in [1.807, 2.05) is 0 Å². The van der Waals surface area contributed by atoms with Gasteiger partial charge in [0.1, 0.15) is 6.07 Å². The number of nitrogens with zero attached hydrogens (tertiary/aromatic N) is 2. The van der Waals surface area contributed by atoms with Crippen LogP contribution in [-0.4, -0.2) is 11.3 Å². The zero-order chi connectivity index (χ0) is 12.3. The molecule has 16 heavy (non-hydrogen) atoms. The van der Waals surface area contributed by atoms with Gasteiger partial charge in [-0.15, -0.1) is 24.8 Å². The van der Waals surface area contributed by atoms with Gasteiger partial charge in [-0.05, 0) is 0 Å². The molecule has 0 unspecified atom stereocenters. The van der Waals surface area contributed by atoms with Crippen LogP contribution in [0.5, 0.6) is 5.88 Å². The van der Waals surface area contributed by atoms with Crippen molar-refractivity contribution in [2.75, 3.05) is 5.73 Å². The fourth-order valence-electron chi connectivity index (χ4n) is 0.971. The van der Waals surface area contributed by atoms with Crippen LogP contribution < -0.4 is 10.5 Å². The van der Waals surface area contributed by atoms with Crippen LogP contribution in [0.15, 0.2) is 6.07 Å². The maximum Gasteiger partial charge on any atom is 0.574 e. The average Bonchev–Trinajstić information content (AvgIpc) is 2.14. The second-order valence-electron chi connectivity index (χ2n) is 2.67. The quantitative estimate of drug-likeness (QED) is 0.818. The molecule has 0 aliphatic rings. The maximum atomic E-state index is 11.9. The molecule has 1 heterocycles. The number of halogens is 4. The molecule has 0 aliphatic carbocycles. The lowest BCUT2D eigenvalue weighted by molar-refractivity contribution is -0.276. The minimum Gasteiger partial charge on any atom is -0.398 e. The predicted octanol–water partition coefficient (Wildman–Crippen LogP) is 2.17. The Morgan fingerprint density at radius 3 is 2.62 bits per heavy atom. The highest BCUT2D eigenvalue weighted by Crippen LogP contribution is 2.26. The normalized spacial score (nSPS) is 10.9. The highest BCUT2D eigenvalue weighted by atomic mass is 35.5. The Hall–Kier alpha value is -1.68. The Morgan fingerprint density at radius 1 is 1.56 bits per heavy atom. The standard InChI is InChI=1S/C8H5ClF3N3O/c9-2-4-5(14)1-7(15-6(4)3-13)16-8(10,11)12/h1H,2H2,(H2,14,15).